The van der Waals surface area contributed by atoms with E-state index in [0.717, 1.165) is 23.3 Å². The summed E-state index contributed by atoms with van der Waals surface area (Å²) in [6.45, 7) is 2.05. The lowest BCUT2D eigenvalue weighted by atomic mass is 9.92. The van der Waals surface area contributed by atoms with E-state index in [2.05, 4.69) is 6.07 Å². The van der Waals surface area contributed by atoms with Gasteiger partial charge in [0.2, 0.25) is 0 Å². The molecule has 3 heteroatoms. The van der Waals surface area contributed by atoms with E-state index >= 15 is 0 Å². The number of rotatable bonds is 1. The maximum absolute atomic E-state index is 9.55. The fourth-order valence-electron chi connectivity index (χ4n) is 2.55. The second kappa shape index (κ2) is 4.59. The molecule has 98 valence electrons. The third-order valence-electron chi connectivity index (χ3n) is 3.54. The molecule has 0 fully saturated rings. The second-order valence-corrected chi connectivity index (χ2v) is 5.08. The van der Waals surface area contributed by atoms with Gasteiger partial charge in [0, 0.05) is 18.0 Å². The zero-order valence-electron chi connectivity index (χ0n) is 10.8. The van der Waals surface area contributed by atoms with Crippen LogP contribution in [0.1, 0.15) is 35.3 Å². The second-order valence-electron chi connectivity index (χ2n) is 5.08. The van der Waals surface area contributed by atoms with Gasteiger partial charge in [0.25, 0.3) is 0 Å². The largest absolute Gasteiger partial charge is 0.508 e. The number of fused-ring (bicyclic) bond motifs is 1. The van der Waals surface area contributed by atoms with Crippen LogP contribution in [0.2, 0.25) is 0 Å². The third-order valence-corrected chi connectivity index (χ3v) is 3.54. The molecule has 0 amide bonds. The number of hydrogen-bond acceptors (Lipinski definition) is 3. The predicted octanol–water partition coefficient (Wildman–Crippen LogP) is 3.22. The van der Waals surface area contributed by atoms with Crippen LogP contribution >= 0.6 is 0 Å². The van der Waals surface area contributed by atoms with Crippen molar-refractivity contribution in [3.8, 4) is 11.5 Å². The highest BCUT2D eigenvalue weighted by Gasteiger charge is 2.27. The van der Waals surface area contributed by atoms with Crippen molar-refractivity contribution >= 4 is 0 Å². The summed E-state index contributed by atoms with van der Waals surface area (Å²) in [6, 6.07) is 13.2. The van der Waals surface area contributed by atoms with Gasteiger partial charge in [0.15, 0.2) is 0 Å². The topological polar surface area (TPSA) is 55.5 Å². The summed E-state index contributed by atoms with van der Waals surface area (Å²) in [5.41, 5.74) is 9.45. The summed E-state index contributed by atoms with van der Waals surface area (Å²) in [5.74, 6) is 1.10. The SMILES string of the molecule is Cc1ccc2c(c1)C(N)CC(c1cccc(O)c1)O2. The summed E-state index contributed by atoms with van der Waals surface area (Å²) >= 11 is 0. The Labute approximate surface area is 112 Å². The van der Waals surface area contributed by atoms with Crippen molar-refractivity contribution in [1.29, 1.82) is 0 Å². The molecule has 0 aromatic heterocycles. The van der Waals surface area contributed by atoms with Gasteiger partial charge in [-0.05, 0) is 30.7 Å². The lowest BCUT2D eigenvalue weighted by Crippen LogP contribution is -2.24. The highest BCUT2D eigenvalue weighted by atomic mass is 16.5. The molecule has 1 aliphatic heterocycles. The van der Waals surface area contributed by atoms with E-state index in [9.17, 15) is 5.11 Å². The molecule has 2 unspecified atom stereocenters. The molecule has 2 aromatic rings. The highest BCUT2D eigenvalue weighted by molar-refractivity contribution is 5.42. The Hall–Kier alpha value is -2.00. The Morgan fingerprint density at radius 3 is 2.84 bits per heavy atom. The first-order valence-corrected chi connectivity index (χ1v) is 6.45. The van der Waals surface area contributed by atoms with Gasteiger partial charge in [-0.3, -0.25) is 0 Å². The van der Waals surface area contributed by atoms with Crippen molar-refractivity contribution < 1.29 is 9.84 Å². The van der Waals surface area contributed by atoms with E-state index in [1.165, 1.54) is 5.56 Å². The van der Waals surface area contributed by atoms with Crippen molar-refractivity contribution in [2.24, 2.45) is 5.73 Å². The Bertz CT molecular complexity index is 609. The summed E-state index contributed by atoms with van der Waals surface area (Å²) in [4.78, 5) is 0. The number of phenols is 1. The van der Waals surface area contributed by atoms with E-state index in [1.807, 2.05) is 31.2 Å². The quantitative estimate of drug-likeness (QED) is 0.822. The Morgan fingerprint density at radius 1 is 1.21 bits per heavy atom. The van der Waals surface area contributed by atoms with Crippen molar-refractivity contribution in [3.05, 3.63) is 59.2 Å². The zero-order valence-corrected chi connectivity index (χ0v) is 10.8. The molecule has 3 nitrogen and oxygen atoms in total. The standard InChI is InChI=1S/C16H17NO2/c1-10-5-6-15-13(7-10)14(17)9-16(19-15)11-3-2-4-12(18)8-11/h2-8,14,16,18H,9,17H2,1H3. The smallest absolute Gasteiger partial charge is 0.126 e. The lowest BCUT2D eigenvalue weighted by Gasteiger charge is -2.30. The Balaban J connectivity index is 1.95. The van der Waals surface area contributed by atoms with E-state index in [0.29, 0.717) is 0 Å². The highest BCUT2D eigenvalue weighted by Crippen LogP contribution is 2.40. The van der Waals surface area contributed by atoms with Crippen LogP contribution in [0.25, 0.3) is 0 Å². The number of phenolic OH excluding ortho intramolecular Hbond substituents is 1. The van der Waals surface area contributed by atoms with Crippen molar-refractivity contribution in [2.45, 2.75) is 25.5 Å². The number of nitrogens with two attached hydrogens (primary N) is 1. The van der Waals surface area contributed by atoms with Gasteiger partial charge in [0.1, 0.15) is 17.6 Å². The van der Waals surface area contributed by atoms with Crippen LogP contribution in [0.3, 0.4) is 0 Å². The molecule has 0 spiro atoms. The van der Waals surface area contributed by atoms with Crippen LogP contribution in [0.5, 0.6) is 11.5 Å². The van der Waals surface area contributed by atoms with Gasteiger partial charge in [-0.15, -0.1) is 0 Å². The maximum Gasteiger partial charge on any atom is 0.126 e. The molecule has 0 radical (unpaired) electrons. The van der Waals surface area contributed by atoms with Gasteiger partial charge >= 0.3 is 0 Å². The van der Waals surface area contributed by atoms with Crippen LogP contribution in [0.15, 0.2) is 42.5 Å². The molecule has 0 aliphatic carbocycles. The molecule has 1 heterocycles. The molecule has 1 aliphatic rings. The van der Waals surface area contributed by atoms with Crippen molar-refractivity contribution in [3.63, 3.8) is 0 Å². The molecule has 3 N–H and O–H groups in total. The number of benzene rings is 2. The minimum absolute atomic E-state index is 0.0315. The Morgan fingerprint density at radius 2 is 2.05 bits per heavy atom. The normalized spacial score (nSPS) is 21.6. The number of hydrogen-bond donors (Lipinski definition) is 2. The fourth-order valence-corrected chi connectivity index (χ4v) is 2.55. The molecule has 19 heavy (non-hydrogen) atoms. The molecule has 0 saturated carbocycles. The molecular weight excluding hydrogens is 238 g/mol. The van der Waals surface area contributed by atoms with E-state index < -0.39 is 0 Å². The van der Waals surface area contributed by atoms with Crippen molar-refractivity contribution in [1.82, 2.24) is 0 Å². The monoisotopic (exact) mass is 255 g/mol. The van der Waals surface area contributed by atoms with Crippen molar-refractivity contribution in [2.75, 3.05) is 0 Å². The summed E-state index contributed by atoms with van der Waals surface area (Å²) in [5, 5.41) is 9.55. The third kappa shape index (κ3) is 2.29. The lowest BCUT2D eigenvalue weighted by molar-refractivity contribution is 0.161. The molecule has 2 atom stereocenters. The number of ether oxygens (including phenoxy) is 1. The summed E-state index contributed by atoms with van der Waals surface area (Å²) in [7, 11) is 0. The predicted molar refractivity (Wildman–Crippen MR) is 74.2 cm³/mol. The van der Waals surface area contributed by atoms with Crippen LogP contribution in [0, 0.1) is 6.92 Å². The molecule has 0 bridgehead atoms. The van der Waals surface area contributed by atoms with Gasteiger partial charge in [0.05, 0.1) is 0 Å². The minimum Gasteiger partial charge on any atom is -0.508 e. The van der Waals surface area contributed by atoms with Gasteiger partial charge in [-0.25, -0.2) is 0 Å². The maximum atomic E-state index is 9.55. The first-order chi connectivity index (χ1) is 9.13. The molecule has 3 rings (SSSR count). The van der Waals surface area contributed by atoms with Crippen LogP contribution in [-0.2, 0) is 0 Å². The van der Waals surface area contributed by atoms with E-state index in [-0.39, 0.29) is 17.9 Å². The van der Waals surface area contributed by atoms with Crippen LogP contribution < -0.4 is 10.5 Å². The van der Waals surface area contributed by atoms with Gasteiger partial charge in [-0.1, -0.05) is 29.8 Å². The average molecular weight is 255 g/mol. The first-order valence-electron chi connectivity index (χ1n) is 6.45. The molecule has 0 saturated heterocycles. The summed E-state index contributed by atoms with van der Waals surface area (Å²) in [6.07, 6.45) is 0.622. The van der Waals surface area contributed by atoms with Crippen LogP contribution in [0.4, 0.5) is 0 Å². The van der Waals surface area contributed by atoms with Gasteiger partial charge < -0.3 is 15.6 Å². The summed E-state index contributed by atoms with van der Waals surface area (Å²) < 4.78 is 6.01. The zero-order chi connectivity index (χ0) is 13.4. The molecular formula is C16H17NO2. The minimum atomic E-state index is -0.0997. The number of aromatic hydroxyl groups is 1. The first kappa shape index (κ1) is 12.1. The Kier molecular flexibility index (Phi) is 2.91. The van der Waals surface area contributed by atoms with E-state index in [4.69, 9.17) is 10.5 Å². The number of aryl methyl sites for hydroxylation is 1. The van der Waals surface area contributed by atoms with Crippen LogP contribution in [-0.4, -0.2) is 5.11 Å². The fraction of sp³-hybridized carbons (Fsp3) is 0.250. The van der Waals surface area contributed by atoms with Gasteiger partial charge in [-0.2, -0.15) is 0 Å². The van der Waals surface area contributed by atoms with E-state index in [1.54, 1.807) is 12.1 Å². The molecule has 2 aromatic carbocycles. The average Bonchev–Trinajstić information content (AvgIpc) is 2.39.